The normalized spacial score (nSPS) is 10.5. The van der Waals surface area contributed by atoms with Crippen LogP contribution in [0.5, 0.6) is 17.2 Å². The van der Waals surface area contributed by atoms with E-state index >= 15 is 0 Å². The van der Waals surface area contributed by atoms with Gasteiger partial charge in [0.05, 0.1) is 24.4 Å². The van der Waals surface area contributed by atoms with E-state index in [0.29, 0.717) is 5.75 Å². The molecule has 0 aliphatic carbocycles. The van der Waals surface area contributed by atoms with Gasteiger partial charge >= 0.3 is 11.9 Å². The Bertz CT molecular complexity index is 1310. The van der Waals surface area contributed by atoms with Crippen LogP contribution < -0.4 is 14.2 Å². The quantitative estimate of drug-likeness (QED) is 0.0854. The van der Waals surface area contributed by atoms with Crippen molar-refractivity contribution in [3.63, 3.8) is 0 Å². The maximum absolute atomic E-state index is 11.7. The molecular weight excluding hydrogens is 552 g/mol. The highest BCUT2D eigenvalue weighted by molar-refractivity contribution is 5.88. The fourth-order valence-corrected chi connectivity index (χ4v) is 3.83. The summed E-state index contributed by atoms with van der Waals surface area (Å²) >= 11 is 0. The summed E-state index contributed by atoms with van der Waals surface area (Å²) in [5, 5.41) is 18.0. The first kappa shape index (κ1) is 32.9. The number of ether oxygens (including phenoxy) is 5. The van der Waals surface area contributed by atoms with E-state index in [1.54, 1.807) is 12.1 Å². The first-order valence-corrected chi connectivity index (χ1v) is 14.0. The van der Waals surface area contributed by atoms with Crippen LogP contribution in [0.3, 0.4) is 0 Å². The topological polar surface area (TPSA) is 121 Å². The van der Waals surface area contributed by atoms with E-state index in [4.69, 9.17) is 33.9 Å². The third-order valence-corrected chi connectivity index (χ3v) is 6.36. The molecule has 9 heteroatoms. The van der Waals surface area contributed by atoms with E-state index in [1.165, 1.54) is 30.9 Å². The number of aliphatic hydroxyl groups is 2. The van der Waals surface area contributed by atoms with Crippen LogP contribution >= 0.6 is 0 Å². The van der Waals surface area contributed by atoms with Gasteiger partial charge in [-0.05, 0) is 35.1 Å². The fourth-order valence-electron chi connectivity index (χ4n) is 3.83. The first-order chi connectivity index (χ1) is 20.8. The Labute approximate surface area is 251 Å². The molecule has 0 unspecified atom stereocenters. The number of esters is 2. The van der Waals surface area contributed by atoms with Crippen molar-refractivity contribution in [2.75, 3.05) is 26.8 Å². The number of aryl methyl sites for hydroxylation is 1. The smallest absolute Gasteiger partial charge is 0.338 e. The molecule has 0 heterocycles. The van der Waals surface area contributed by atoms with Crippen LogP contribution in [0.25, 0.3) is 11.1 Å². The molecule has 2 N–H and O–H groups in total. The second-order valence-electron chi connectivity index (χ2n) is 9.69. The van der Waals surface area contributed by atoms with Gasteiger partial charge in [0.15, 0.2) is 0 Å². The van der Waals surface area contributed by atoms with E-state index in [0.717, 1.165) is 23.1 Å². The third kappa shape index (κ3) is 11.0. The van der Waals surface area contributed by atoms with E-state index in [2.05, 4.69) is 44.3 Å². The summed E-state index contributed by atoms with van der Waals surface area (Å²) in [5.74, 6) is -0.723. The largest absolute Gasteiger partial charge is 0.489 e. The minimum atomic E-state index is -0.797. The fraction of sp³-hybridized carbons (Fsp3) is 0.294. The number of aliphatic hydroxyl groups excluding tert-OH is 2. The van der Waals surface area contributed by atoms with Crippen LogP contribution in [0.1, 0.15) is 37.3 Å². The lowest BCUT2D eigenvalue weighted by atomic mass is 10.0. The Kier molecular flexibility index (Phi) is 13.3. The Balaban J connectivity index is 1.64. The van der Waals surface area contributed by atoms with Crippen LogP contribution in [-0.2, 0) is 32.1 Å². The summed E-state index contributed by atoms with van der Waals surface area (Å²) in [5.41, 5.74) is 4.31. The SMILES string of the molecule is C=C(CO)C(=O)OCOc1cc(OCOC(=O)C(=C)CO)cc(OCc2ccc(-c3ccc(CCCCC)cc3)cc2)c1. The monoisotopic (exact) mass is 590 g/mol. The number of hydrogen-bond donors (Lipinski definition) is 2. The molecule has 9 nitrogen and oxygen atoms in total. The molecule has 0 saturated heterocycles. The molecular formula is C34H38O9. The summed E-state index contributed by atoms with van der Waals surface area (Å²) in [7, 11) is 0. The molecule has 0 aliphatic heterocycles. The van der Waals surface area contributed by atoms with Crippen molar-refractivity contribution in [1.29, 1.82) is 0 Å². The maximum Gasteiger partial charge on any atom is 0.338 e. The van der Waals surface area contributed by atoms with Crippen molar-refractivity contribution in [1.82, 2.24) is 0 Å². The zero-order valence-electron chi connectivity index (χ0n) is 24.4. The van der Waals surface area contributed by atoms with Crippen molar-refractivity contribution in [2.24, 2.45) is 0 Å². The molecule has 0 amide bonds. The van der Waals surface area contributed by atoms with Gasteiger partial charge in [0.2, 0.25) is 13.6 Å². The van der Waals surface area contributed by atoms with Gasteiger partial charge in [-0.15, -0.1) is 0 Å². The van der Waals surface area contributed by atoms with E-state index < -0.39 is 38.7 Å². The number of carbonyl (C=O) groups is 2. The predicted molar refractivity (Wildman–Crippen MR) is 162 cm³/mol. The maximum atomic E-state index is 11.7. The summed E-state index contributed by atoms with van der Waals surface area (Å²) in [6.07, 6.45) is 4.75. The van der Waals surface area contributed by atoms with Crippen molar-refractivity contribution >= 4 is 11.9 Å². The first-order valence-electron chi connectivity index (χ1n) is 14.0. The lowest BCUT2D eigenvalue weighted by Crippen LogP contribution is -2.14. The lowest BCUT2D eigenvalue weighted by Gasteiger charge is -2.14. The van der Waals surface area contributed by atoms with Gasteiger partial charge in [0.25, 0.3) is 0 Å². The highest BCUT2D eigenvalue weighted by Crippen LogP contribution is 2.29. The molecule has 3 aromatic carbocycles. The van der Waals surface area contributed by atoms with Crippen molar-refractivity contribution in [3.8, 4) is 28.4 Å². The van der Waals surface area contributed by atoms with E-state index in [-0.39, 0.29) is 29.3 Å². The minimum absolute atomic E-state index is 0.110. The summed E-state index contributed by atoms with van der Waals surface area (Å²) in [6, 6.07) is 21.4. The zero-order chi connectivity index (χ0) is 31.0. The molecule has 0 fully saturated rings. The summed E-state index contributed by atoms with van der Waals surface area (Å²) in [4.78, 5) is 23.5. The molecule has 0 spiro atoms. The average molecular weight is 591 g/mol. The second kappa shape index (κ2) is 17.4. The van der Waals surface area contributed by atoms with Crippen molar-refractivity contribution in [3.05, 3.63) is 102 Å². The Morgan fingerprint density at radius 3 is 1.53 bits per heavy atom. The molecule has 0 aliphatic rings. The van der Waals surface area contributed by atoms with E-state index in [1.807, 2.05) is 24.3 Å². The second-order valence-corrected chi connectivity index (χ2v) is 9.69. The van der Waals surface area contributed by atoms with Gasteiger partial charge in [-0.1, -0.05) is 81.5 Å². The number of carbonyl (C=O) groups excluding carboxylic acids is 2. The Morgan fingerprint density at radius 2 is 1.09 bits per heavy atom. The van der Waals surface area contributed by atoms with Crippen LogP contribution in [0.2, 0.25) is 0 Å². The van der Waals surface area contributed by atoms with Crippen LogP contribution in [0.15, 0.2) is 91.0 Å². The van der Waals surface area contributed by atoms with Crippen molar-refractivity contribution in [2.45, 2.75) is 39.2 Å². The number of benzene rings is 3. The summed E-state index contributed by atoms with van der Waals surface area (Å²) in [6.45, 7) is 7.29. The molecule has 3 aromatic rings. The molecule has 0 aromatic heterocycles. The molecule has 0 saturated carbocycles. The summed E-state index contributed by atoms with van der Waals surface area (Å²) < 4.78 is 26.9. The third-order valence-electron chi connectivity index (χ3n) is 6.36. The van der Waals surface area contributed by atoms with E-state index in [9.17, 15) is 9.59 Å². The number of rotatable bonds is 18. The van der Waals surface area contributed by atoms with Gasteiger partial charge < -0.3 is 33.9 Å². The lowest BCUT2D eigenvalue weighted by molar-refractivity contribution is -0.146. The zero-order valence-corrected chi connectivity index (χ0v) is 24.4. The Morgan fingerprint density at radius 1 is 0.651 bits per heavy atom. The number of unbranched alkanes of at least 4 members (excludes halogenated alkanes) is 2. The van der Waals surface area contributed by atoms with Crippen molar-refractivity contribution < 1.29 is 43.5 Å². The standard InChI is InChI=1S/C34H38O9/c1-4-5-6-7-26-8-12-28(13-9-26)29-14-10-27(11-15-29)21-39-30-16-31(40-22-42-33(37)24(2)19-35)18-32(17-30)41-23-43-34(38)25(3)20-36/h8-18,35-36H,2-7,19-23H2,1H3. The minimum Gasteiger partial charge on any atom is -0.489 e. The molecule has 43 heavy (non-hydrogen) atoms. The van der Waals surface area contributed by atoms with Gasteiger partial charge in [-0.3, -0.25) is 0 Å². The molecule has 0 radical (unpaired) electrons. The molecule has 228 valence electrons. The van der Waals surface area contributed by atoms with Gasteiger partial charge in [-0.25, -0.2) is 9.59 Å². The van der Waals surface area contributed by atoms with Crippen LogP contribution in [-0.4, -0.2) is 49.0 Å². The Hall–Kier alpha value is -4.60. The predicted octanol–water partition coefficient (Wildman–Crippen LogP) is 5.52. The molecule has 3 rings (SSSR count). The molecule has 0 bridgehead atoms. The van der Waals surface area contributed by atoms with Crippen LogP contribution in [0.4, 0.5) is 0 Å². The van der Waals surface area contributed by atoms with Gasteiger partial charge in [0.1, 0.15) is 23.9 Å². The van der Waals surface area contributed by atoms with Crippen LogP contribution in [0, 0.1) is 0 Å². The highest BCUT2D eigenvalue weighted by atomic mass is 16.7. The number of hydrogen-bond acceptors (Lipinski definition) is 9. The van der Waals surface area contributed by atoms with Gasteiger partial charge in [-0.2, -0.15) is 0 Å². The average Bonchev–Trinajstić information content (AvgIpc) is 3.03. The molecule has 0 atom stereocenters. The van der Waals surface area contributed by atoms with Gasteiger partial charge in [0, 0.05) is 18.2 Å². The highest BCUT2D eigenvalue weighted by Gasteiger charge is 2.11.